The lowest BCUT2D eigenvalue weighted by Gasteiger charge is -2.08. The first-order valence-corrected chi connectivity index (χ1v) is 11.8. The Balaban J connectivity index is 3.13. The van der Waals surface area contributed by atoms with Gasteiger partial charge in [0.2, 0.25) is 0 Å². The van der Waals surface area contributed by atoms with Crippen LogP contribution in [-0.2, 0) is 28.5 Å². The van der Waals surface area contributed by atoms with E-state index in [9.17, 15) is 9.59 Å². The molecule has 6 heteroatoms. The topological polar surface area (TPSA) is 71.1 Å². The van der Waals surface area contributed by atoms with E-state index in [0.29, 0.717) is 64.4 Å². The van der Waals surface area contributed by atoms with Crippen molar-refractivity contribution in [1.29, 1.82) is 0 Å². The van der Waals surface area contributed by atoms with Crippen LogP contribution < -0.4 is 0 Å². The Bertz CT molecular complexity index is 409. The highest BCUT2D eigenvalue weighted by atomic mass is 16.6. The summed E-state index contributed by atoms with van der Waals surface area (Å²) >= 11 is 0. The molecule has 0 atom stereocenters. The zero-order valence-electron chi connectivity index (χ0n) is 19.9. The standard InChI is InChI=1S/C24H46O6/c1-21(2)20-23(25)10-8-6-5-7-9-12-27-14-16-29-18-19-30-17-15-28-13-11-24(26)22(3)4/h21-22H,5-20H2,1-4H3. The molecule has 0 spiro atoms. The lowest BCUT2D eigenvalue weighted by atomic mass is 10.0. The van der Waals surface area contributed by atoms with Gasteiger partial charge in [-0.1, -0.05) is 47.0 Å². The third kappa shape index (κ3) is 21.9. The summed E-state index contributed by atoms with van der Waals surface area (Å²) < 4.78 is 21.8. The quantitative estimate of drug-likeness (QED) is 0.220. The molecule has 0 aromatic carbocycles. The van der Waals surface area contributed by atoms with Crippen molar-refractivity contribution in [2.75, 3.05) is 52.9 Å². The first-order valence-electron chi connectivity index (χ1n) is 11.8. The fourth-order valence-electron chi connectivity index (χ4n) is 2.84. The second kappa shape index (κ2) is 21.4. The van der Waals surface area contributed by atoms with Crippen LogP contribution in [0, 0.1) is 11.8 Å². The predicted molar refractivity (Wildman–Crippen MR) is 120 cm³/mol. The van der Waals surface area contributed by atoms with Crippen LogP contribution in [0.15, 0.2) is 0 Å². The minimum atomic E-state index is 0.0771. The smallest absolute Gasteiger partial charge is 0.137 e. The first kappa shape index (κ1) is 29.2. The number of ketones is 2. The van der Waals surface area contributed by atoms with Gasteiger partial charge in [0.05, 0.1) is 46.2 Å². The molecule has 6 nitrogen and oxygen atoms in total. The van der Waals surface area contributed by atoms with Gasteiger partial charge in [-0.05, 0) is 18.8 Å². The number of unbranched alkanes of at least 4 members (excludes halogenated alkanes) is 4. The molecule has 0 aromatic rings. The van der Waals surface area contributed by atoms with Crippen molar-refractivity contribution >= 4 is 11.6 Å². The monoisotopic (exact) mass is 430 g/mol. The normalized spacial score (nSPS) is 11.5. The van der Waals surface area contributed by atoms with Crippen LogP contribution in [-0.4, -0.2) is 64.4 Å². The molecule has 0 aliphatic carbocycles. The van der Waals surface area contributed by atoms with Gasteiger partial charge >= 0.3 is 0 Å². The van der Waals surface area contributed by atoms with E-state index < -0.39 is 0 Å². The lowest BCUT2D eigenvalue weighted by molar-refractivity contribution is -0.123. The van der Waals surface area contributed by atoms with Crippen LogP contribution in [0.2, 0.25) is 0 Å². The molecule has 0 fully saturated rings. The number of carbonyl (C=O) groups excluding carboxylic acids is 2. The fourth-order valence-corrected chi connectivity index (χ4v) is 2.84. The van der Waals surface area contributed by atoms with Crippen LogP contribution in [0.4, 0.5) is 0 Å². The van der Waals surface area contributed by atoms with Crippen molar-refractivity contribution in [1.82, 2.24) is 0 Å². The van der Waals surface area contributed by atoms with Gasteiger partial charge in [-0.25, -0.2) is 0 Å². The molecule has 0 heterocycles. The molecule has 0 amide bonds. The maximum atomic E-state index is 11.6. The maximum Gasteiger partial charge on any atom is 0.137 e. The molecule has 0 saturated heterocycles. The van der Waals surface area contributed by atoms with E-state index in [2.05, 4.69) is 13.8 Å². The SMILES string of the molecule is CC(C)CC(=O)CCCCCCCOCCOCCOCCOCCC(=O)C(C)C. The van der Waals surface area contributed by atoms with Crippen molar-refractivity contribution in [3.63, 3.8) is 0 Å². The molecule has 0 aromatic heterocycles. The Hall–Kier alpha value is -0.820. The molecule has 0 radical (unpaired) electrons. The Morgan fingerprint density at radius 1 is 0.567 bits per heavy atom. The van der Waals surface area contributed by atoms with E-state index >= 15 is 0 Å². The van der Waals surface area contributed by atoms with E-state index in [4.69, 9.17) is 18.9 Å². The summed E-state index contributed by atoms with van der Waals surface area (Å²) in [6, 6.07) is 0. The molecular weight excluding hydrogens is 384 g/mol. The van der Waals surface area contributed by atoms with Gasteiger partial charge in [0, 0.05) is 31.8 Å². The average molecular weight is 431 g/mol. The van der Waals surface area contributed by atoms with Gasteiger partial charge in [0.25, 0.3) is 0 Å². The summed E-state index contributed by atoms with van der Waals surface area (Å²) in [5, 5.41) is 0. The molecule has 0 aliphatic heterocycles. The van der Waals surface area contributed by atoms with Crippen molar-refractivity contribution in [3.8, 4) is 0 Å². The largest absolute Gasteiger partial charge is 0.379 e. The highest BCUT2D eigenvalue weighted by Gasteiger charge is 2.06. The molecule has 0 N–H and O–H groups in total. The van der Waals surface area contributed by atoms with E-state index in [1.807, 2.05) is 13.8 Å². The third-order valence-corrected chi connectivity index (χ3v) is 4.63. The van der Waals surface area contributed by atoms with Crippen LogP contribution >= 0.6 is 0 Å². The van der Waals surface area contributed by atoms with Crippen LogP contribution in [0.25, 0.3) is 0 Å². The Morgan fingerprint density at radius 3 is 1.57 bits per heavy atom. The van der Waals surface area contributed by atoms with Gasteiger partial charge in [-0.15, -0.1) is 0 Å². The molecule has 0 bridgehead atoms. The highest BCUT2D eigenvalue weighted by molar-refractivity contribution is 5.80. The summed E-state index contributed by atoms with van der Waals surface area (Å²) in [6.45, 7) is 12.5. The second-order valence-electron chi connectivity index (χ2n) is 8.47. The minimum absolute atomic E-state index is 0.0771. The van der Waals surface area contributed by atoms with Crippen LogP contribution in [0.3, 0.4) is 0 Å². The molecule has 0 aliphatic rings. The minimum Gasteiger partial charge on any atom is -0.379 e. The third-order valence-electron chi connectivity index (χ3n) is 4.63. The average Bonchev–Trinajstić information content (AvgIpc) is 2.68. The van der Waals surface area contributed by atoms with Crippen LogP contribution in [0.5, 0.6) is 0 Å². The number of hydrogen-bond donors (Lipinski definition) is 0. The van der Waals surface area contributed by atoms with E-state index in [0.717, 1.165) is 45.1 Å². The van der Waals surface area contributed by atoms with Crippen molar-refractivity contribution < 1.29 is 28.5 Å². The second-order valence-corrected chi connectivity index (χ2v) is 8.47. The zero-order chi connectivity index (χ0) is 22.5. The molecule has 0 rings (SSSR count). The number of Topliss-reactive ketones (excluding diaryl/α,β-unsaturated/α-hetero) is 2. The van der Waals surface area contributed by atoms with E-state index in [1.165, 1.54) is 6.42 Å². The summed E-state index contributed by atoms with van der Waals surface area (Å²) in [6.07, 6.45) is 7.47. The van der Waals surface area contributed by atoms with Gasteiger partial charge in [0.1, 0.15) is 11.6 Å². The molecule has 30 heavy (non-hydrogen) atoms. The first-order chi connectivity index (χ1) is 14.4. The van der Waals surface area contributed by atoms with Crippen LogP contribution in [0.1, 0.15) is 79.1 Å². The van der Waals surface area contributed by atoms with Crippen molar-refractivity contribution in [2.24, 2.45) is 11.8 Å². The number of carbonyl (C=O) groups is 2. The Labute approximate surface area is 184 Å². The Morgan fingerprint density at radius 2 is 1.03 bits per heavy atom. The molecule has 0 saturated carbocycles. The van der Waals surface area contributed by atoms with Gasteiger partial charge in [-0.2, -0.15) is 0 Å². The lowest BCUT2D eigenvalue weighted by Crippen LogP contribution is -2.14. The van der Waals surface area contributed by atoms with Gasteiger partial charge < -0.3 is 18.9 Å². The van der Waals surface area contributed by atoms with E-state index in [-0.39, 0.29) is 11.7 Å². The highest BCUT2D eigenvalue weighted by Crippen LogP contribution is 2.09. The summed E-state index contributed by atoms with van der Waals surface area (Å²) in [4.78, 5) is 23.0. The molecular formula is C24H46O6. The number of rotatable bonds is 23. The van der Waals surface area contributed by atoms with Crippen molar-refractivity contribution in [2.45, 2.75) is 79.1 Å². The van der Waals surface area contributed by atoms with Gasteiger partial charge in [-0.3, -0.25) is 9.59 Å². The Kier molecular flexibility index (Phi) is 20.8. The number of ether oxygens (including phenoxy) is 4. The fraction of sp³-hybridized carbons (Fsp3) is 0.917. The zero-order valence-corrected chi connectivity index (χ0v) is 19.9. The summed E-state index contributed by atoms with van der Waals surface area (Å²) in [7, 11) is 0. The van der Waals surface area contributed by atoms with Crippen molar-refractivity contribution in [3.05, 3.63) is 0 Å². The summed E-state index contributed by atoms with van der Waals surface area (Å²) in [5.74, 6) is 1.19. The molecule has 0 unspecified atom stereocenters. The van der Waals surface area contributed by atoms with Gasteiger partial charge in [0.15, 0.2) is 0 Å². The summed E-state index contributed by atoms with van der Waals surface area (Å²) in [5.41, 5.74) is 0. The maximum absolute atomic E-state index is 11.6. The molecule has 178 valence electrons. The van der Waals surface area contributed by atoms with E-state index in [1.54, 1.807) is 0 Å². The predicted octanol–water partition coefficient (Wildman–Crippen LogP) is 4.62. The number of hydrogen-bond acceptors (Lipinski definition) is 6.